The summed E-state index contributed by atoms with van der Waals surface area (Å²) < 4.78 is 2.34. The minimum absolute atomic E-state index is 0.519. The van der Waals surface area contributed by atoms with Crippen LogP contribution >= 0.6 is 0 Å². The first-order valence-corrected chi connectivity index (χ1v) is 9.85. The van der Waals surface area contributed by atoms with Gasteiger partial charge in [-0.2, -0.15) is 0 Å². The fraction of sp³-hybridized carbons (Fsp3) is 0.304. The summed E-state index contributed by atoms with van der Waals surface area (Å²) in [5, 5.41) is 1.12. The highest BCUT2D eigenvalue weighted by Crippen LogP contribution is 2.30. The van der Waals surface area contributed by atoms with Crippen LogP contribution in [0.5, 0.6) is 0 Å². The average molecular weight is 358 g/mol. The summed E-state index contributed by atoms with van der Waals surface area (Å²) in [6.07, 6.45) is 5.86. The van der Waals surface area contributed by atoms with Gasteiger partial charge in [-0.05, 0) is 18.1 Å². The maximum absolute atomic E-state index is 6.29. The molecular weight excluding hydrogens is 332 g/mol. The van der Waals surface area contributed by atoms with Gasteiger partial charge < -0.3 is 10.3 Å². The number of aromatic nitrogens is 3. The molecule has 2 heterocycles. The van der Waals surface area contributed by atoms with Crippen LogP contribution in [-0.4, -0.2) is 14.5 Å². The molecule has 0 fully saturated rings. The van der Waals surface area contributed by atoms with Crippen molar-refractivity contribution < 1.29 is 0 Å². The number of fused-ring (bicyclic) bond motifs is 3. The largest absolute Gasteiger partial charge is 0.382 e. The van der Waals surface area contributed by atoms with E-state index >= 15 is 0 Å². The number of anilines is 1. The molecule has 0 unspecified atom stereocenters. The van der Waals surface area contributed by atoms with Gasteiger partial charge in [-0.15, -0.1) is 0 Å². The summed E-state index contributed by atoms with van der Waals surface area (Å²) in [5.74, 6) is 1.63. The number of benzene rings is 2. The van der Waals surface area contributed by atoms with Crippen LogP contribution in [0.1, 0.15) is 44.0 Å². The first kappa shape index (κ1) is 17.5. The molecule has 0 aliphatic carbocycles. The Balaban J connectivity index is 1.86. The zero-order chi connectivity index (χ0) is 18.6. The van der Waals surface area contributed by atoms with Crippen LogP contribution in [0.2, 0.25) is 0 Å². The summed E-state index contributed by atoms with van der Waals surface area (Å²) in [5.41, 5.74) is 10.4. The molecule has 2 aromatic heterocycles. The smallest absolute Gasteiger partial charge is 0.152 e. The van der Waals surface area contributed by atoms with Gasteiger partial charge in [-0.1, -0.05) is 74.7 Å². The molecule has 0 atom stereocenters. The molecule has 2 aromatic carbocycles. The third-order valence-electron chi connectivity index (χ3n) is 5.13. The predicted octanol–water partition coefficient (Wildman–Crippen LogP) is 5.34. The molecule has 0 bridgehead atoms. The SMILES string of the molecule is CCCCCCc1nc2c(N)nc3ccccc3c2n1Cc1ccccc1. The fourth-order valence-corrected chi connectivity index (χ4v) is 3.74. The number of hydrogen-bond acceptors (Lipinski definition) is 3. The van der Waals surface area contributed by atoms with Gasteiger partial charge in [0, 0.05) is 18.4 Å². The van der Waals surface area contributed by atoms with Crippen molar-refractivity contribution in [1.82, 2.24) is 14.5 Å². The van der Waals surface area contributed by atoms with Gasteiger partial charge >= 0.3 is 0 Å². The Morgan fingerprint density at radius 3 is 2.48 bits per heavy atom. The molecular formula is C23H26N4. The average Bonchev–Trinajstić information content (AvgIpc) is 3.05. The van der Waals surface area contributed by atoms with Crippen molar-refractivity contribution >= 4 is 27.8 Å². The van der Waals surface area contributed by atoms with Gasteiger partial charge in [-0.3, -0.25) is 0 Å². The second-order valence-electron chi connectivity index (χ2n) is 7.12. The quantitative estimate of drug-likeness (QED) is 0.454. The zero-order valence-electron chi connectivity index (χ0n) is 15.9. The summed E-state index contributed by atoms with van der Waals surface area (Å²) in [6, 6.07) is 18.8. The Labute approximate surface area is 160 Å². The van der Waals surface area contributed by atoms with E-state index in [-0.39, 0.29) is 0 Å². The third-order valence-corrected chi connectivity index (χ3v) is 5.13. The molecule has 0 saturated carbocycles. The number of nitrogen functional groups attached to an aromatic ring is 1. The fourth-order valence-electron chi connectivity index (χ4n) is 3.74. The summed E-state index contributed by atoms with van der Waals surface area (Å²) in [4.78, 5) is 9.51. The molecule has 0 amide bonds. The van der Waals surface area contributed by atoms with Crippen molar-refractivity contribution in [3.8, 4) is 0 Å². The van der Waals surface area contributed by atoms with E-state index in [1.807, 2.05) is 12.1 Å². The van der Waals surface area contributed by atoms with Crippen molar-refractivity contribution in [3.05, 3.63) is 66.0 Å². The van der Waals surface area contributed by atoms with Crippen LogP contribution in [0.3, 0.4) is 0 Å². The molecule has 0 spiro atoms. The van der Waals surface area contributed by atoms with Gasteiger partial charge in [-0.25, -0.2) is 9.97 Å². The van der Waals surface area contributed by atoms with Crippen LogP contribution < -0.4 is 5.73 Å². The minimum Gasteiger partial charge on any atom is -0.382 e. The third kappa shape index (κ3) is 3.52. The molecule has 4 nitrogen and oxygen atoms in total. The lowest BCUT2D eigenvalue weighted by Crippen LogP contribution is -2.06. The van der Waals surface area contributed by atoms with E-state index in [2.05, 4.69) is 58.9 Å². The highest BCUT2D eigenvalue weighted by atomic mass is 15.1. The molecule has 4 heteroatoms. The second-order valence-corrected chi connectivity index (χ2v) is 7.12. The van der Waals surface area contributed by atoms with Crippen molar-refractivity contribution in [2.45, 2.75) is 45.6 Å². The number of para-hydroxylation sites is 1. The minimum atomic E-state index is 0.519. The number of pyridine rings is 1. The number of nitrogens with two attached hydrogens (primary N) is 1. The first-order valence-electron chi connectivity index (χ1n) is 9.85. The van der Waals surface area contributed by atoms with Crippen LogP contribution in [0.4, 0.5) is 5.82 Å². The van der Waals surface area contributed by atoms with Crippen LogP contribution in [0.25, 0.3) is 21.9 Å². The van der Waals surface area contributed by atoms with Crippen LogP contribution in [0, 0.1) is 0 Å². The van der Waals surface area contributed by atoms with Crippen molar-refractivity contribution in [2.75, 3.05) is 5.73 Å². The summed E-state index contributed by atoms with van der Waals surface area (Å²) >= 11 is 0. The lowest BCUT2D eigenvalue weighted by Gasteiger charge is -2.11. The molecule has 2 N–H and O–H groups in total. The molecule has 4 aromatic rings. The van der Waals surface area contributed by atoms with E-state index < -0.39 is 0 Å². The Kier molecular flexibility index (Phi) is 5.05. The standard InChI is InChI=1S/C23H26N4/c1-2-3-4-8-15-20-26-21-22(27(20)16-17-11-6-5-7-12-17)18-13-9-10-14-19(18)25-23(21)24/h5-7,9-14H,2-4,8,15-16H2,1H3,(H2,24,25). The Hall–Kier alpha value is -2.88. The van der Waals surface area contributed by atoms with Gasteiger partial charge in [0.05, 0.1) is 11.0 Å². The lowest BCUT2D eigenvalue weighted by atomic mass is 10.1. The Morgan fingerprint density at radius 2 is 1.67 bits per heavy atom. The molecule has 27 heavy (non-hydrogen) atoms. The number of aryl methyl sites for hydroxylation is 1. The molecule has 0 aliphatic heterocycles. The van der Waals surface area contributed by atoms with Gasteiger partial charge in [0.15, 0.2) is 5.82 Å². The monoisotopic (exact) mass is 358 g/mol. The van der Waals surface area contributed by atoms with Crippen molar-refractivity contribution in [3.63, 3.8) is 0 Å². The number of nitrogens with zero attached hydrogens (tertiary/aromatic N) is 3. The van der Waals surface area contributed by atoms with Crippen LogP contribution in [-0.2, 0) is 13.0 Å². The number of unbranched alkanes of at least 4 members (excludes halogenated alkanes) is 3. The normalized spacial score (nSPS) is 11.4. The van der Waals surface area contributed by atoms with E-state index in [0.29, 0.717) is 5.82 Å². The maximum atomic E-state index is 6.29. The Bertz CT molecular complexity index is 1050. The molecule has 0 saturated heterocycles. The summed E-state index contributed by atoms with van der Waals surface area (Å²) in [7, 11) is 0. The first-order chi connectivity index (χ1) is 13.3. The van der Waals surface area contributed by atoms with Gasteiger partial charge in [0.1, 0.15) is 11.3 Å². The predicted molar refractivity (Wildman–Crippen MR) is 113 cm³/mol. The topological polar surface area (TPSA) is 56.7 Å². The Morgan fingerprint density at radius 1 is 0.889 bits per heavy atom. The maximum Gasteiger partial charge on any atom is 0.152 e. The number of imidazole rings is 1. The molecule has 0 aliphatic rings. The summed E-state index contributed by atoms with van der Waals surface area (Å²) in [6.45, 7) is 3.04. The van der Waals surface area contributed by atoms with Crippen LogP contribution in [0.15, 0.2) is 54.6 Å². The molecule has 138 valence electrons. The van der Waals surface area contributed by atoms with E-state index in [4.69, 9.17) is 10.7 Å². The highest BCUT2D eigenvalue weighted by molar-refractivity contribution is 6.06. The molecule has 0 radical (unpaired) electrons. The number of hydrogen-bond donors (Lipinski definition) is 1. The lowest BCUT2D eigenvalue weighted by molar-refractivity contribution is 0.632. The van der Waals surface area contributed by atoms with E-state index in [0.717, 1.165) is 47.1 Å². The molecule has 4 rings (SSSR count). The van der Waals surface area contributed by atoms with Gasteiger partial charge in [0.25, 0.3) is 0 Å². The van der Waals surface area contributed by atoms with E-state index in [1.54, 1.807) is 0 Å². The van der Waals surface area contributed by atoms with Crippen molar-refractivity contribution in [2.24, 2.45) is 0 Å². The van der Waals surface area contributed by atoms with E-state index in [9.17, 15) is 0 Å². The van der Waals surface area contributed by atoms with Gasteiger partial charge in [0.2, 0.25) is 0 Å². The highest BCUT2D eigenvalue weighted by Gasteiger charge is 2.17. The van der Waals surface area contributed by atoms with E-state index in [1.165, 1.54) is 24.8 Å². The van der Waals surface area contributed by atoms with Crippen molar-refractivity contribution in [1.29, 1.82) is 0 Å². The second kappa shape index (κ2) is 7.78. The number of rotatable bonds is 7. The zero-order valence-corrected chi connectivity index (χ0v) is 15.9.